The Kier molecular flexibility index (Phi) is 5.11. The van der Waals surface area contributed by atoms with E-state index in [1.165, 1.54) is 16.7 Å². The van der Waals surface area contributed by atoms with E-state index in [0.29, 0.717) is 23.6 Å². The van der Waals surface area contributed by atoms with E-state index >= 15 is 0 Å². The van der Waals surface area contributed by atoms with Gasteiger partial charge in [0, 0.05) is 11.9 Å². The van der Waals surface area contributed by atoms with E-state index in [4.69, 9.17) is 4.74 Å². The monoisotopic (exact) mass is 345 g/mol. The summed E-state index contributed by atoms with van der Waals surface area (Å²) >= 11 is 1.47. The van der Waals surface area contributed by atoms with Crippen molar-refractivity contribution in [2.75, 3.05) is 13.2 Å². The molecule has 0 bridgehead atoms. The van der Waals surface area contributed by atoms with Crippen LogP contribution in [0.3, 0.4) is 0 Å². The molecule has 0 saturated carbocycles. The first-order valence-electron chi connectivity index (χ1n) is 8.43. The van der Waals surface area contributed by atoms with Crippen LogP contribution < -0.4 is 0 Å². The highest BCUT2D eigenvalue weighted by atomic mass is 32.2. The van der Waals surface area contributed by atoms with Gasteiger partial charge in [0.25, 0.3) is 11.8 Å². The second-order valence-corrected chi connectivity index (χ2v) is 8.18. The van der Waals surface area contributed by atoms with Crippen LogP contribution in [-0.4, -0.2) is 41.2 Å². The third-order valence-corrected chi connectivity index (χ3v) is 5.32. The SMILES string of the molecule is Cc1ccc(C2=C(SC(C)C)C(=O)N(CC3CCCO3)C2=O)cc1. The van der Waals surface area contributed by atoms with Crippen molar-refractivity contribution < 1.29 is 14.3 Å². The lowest BCUT2D eigenvalue weighted by atomic mass is 10.0. The van der Waals surface area contributed by atoms with Gasteiger partial charge in [-0.15, -0.1) is 11.8 Å². The largest absolute Gasteiger partial charge is 0.376 e. The van der Waals surface area contributed by atoms with Gasteiger partial charge in [-0.2, -0.15) is 0 Å². The summed E-state index contributed by atoms with van der Waals surface area (Å²) < 4.78 is 5.61. The molecule has 0 N–H and O–H groups in total. The molecular weight excluding hydrogens is 322 g/mol. The third-order valence-electron chi connectivity index (χ3n) is 4.23. The summed E-state index contributed by atoms with van der Waals surface area (Å²) in [4.78, 5) is 27.8. The highest BCUT2D eigenvalue weighted by molar-refractivity contribution is 8.04. The summed E-state index contributed by atoms with van der Waals surface area (Å²) in [5.74, 6) is -0.368. The first-order chi connectivity index (χ1) is 11.5. The van der Waals surface area contributed by atoms with E-state index in [1.807, 2.05) is 45.0 Å². The van der Waals surface area contributed by atoms with Crippen molar-refractivity contribution in [1.82, 2.24) is 4.90 Å². The first-order valence-corrected chi connectivity index (χ1v) is 9.31. The number of ether oxygens (including phenoxy) is 1. The predicted octanol–water partition coefficient (Wildman–Crippen LogP) is 3.40. The molecule has 2 aliphatic rings. The van der Waals surface area contributed by atoms with E-state index < -0.39 is 0 Å². The highest BCUT2D eigenvalue weighted by Crippen LogP contribution is 2.38. The Hall–Kier alpha value is -1.59. The van der Waals surface area contributed by atoms with Gasteiger partial charge in [-0.25, -0.2) is 0 Å². The van der Waals surface area contributed by atoms with E-state index in [0.717, 1.165) is 24.0 Å². The van der Waals surface area contributed by atoms with E-state index in [1.54, 1.807) is 0 Å². The molecule has 1 aromatic carbocycles. The molecule has 5 heteroatoms. The van der Waals surface area contributed by atoms with Gasteiger partial charge in [0.15, 0.2) is 0 Å². The highest BCUT2D eigenvalue weighted by Gasteiger charge is 2.40. The molecule has 3 rings (SSSR count). The Morgan fingerprint density at radius 2 is 1.92 bits per heavy atom. The van der Waals surface area contributed by atoms with Crippen LogP contribution in [-0.2, 0) is 14.3 Å². The summed E-state index contributed by atoms with van der Waals surface area (Å²) in [6.45, 7) is 7.14. The van der Waals surface area contributed by atoms with Gasteiger partial charge in [-0.3, -0.25) is 14.5 Å². The minimum atomic E-state index is -0.192. The normalized spacial score (nSPS) is 21.5. The van der Waals surface area contributed by atoms with Crippen LogP contribution in [0.4, 0.5) is 0 Å². The van der Waals surface area contributed by atoms with Gasteiger partial charge in [0.2, 0.25) is 0 Å². The average molecular weight is 345 g/mol. The maximum Gasteiger partial charge on any atom is 0.268 e. The average Bonchev–Trinajstić information content (AvgIpc) is 3.12. The summed E-state index contributed by atoms with van der Waals surface area (Å²) in [7, 11) is 0. The van der Waals surface area contributed by atoms with Crippen molar-refractivity contribution in [1.29, 1.82) is 0 Å². The Morgan fingerprint density at radius 1 is 1.21 bits per heavy atom. The van der Waals surface area contributed by atoms with E-state index in [2.05, 4.69) is 0 Å². The molecule has 0 aliphatic carbocycles. The van der Waals surface area contributed by atoms with Gasteiger partial charge >= 0.3 is 0 Å². The molecule has 2 heterocycles. The Morgan fingerprint density at radius 3 is 2.50 bits per heavy atom. The fraction of sp³-hybridized carbons (Fsp3) is 0.474. The van der Waals surface area contributed by atoms with Crippen LogP contribution in [0, 0.1) is 6.92 Å². The van der Waals surface area contributed by atoms with Crippen LogP contribution in [0.15, 0.2) is 29.2 Å². The van der Waals surface area contributed by atoms with Crippen molar-refractivity contribution in [3.8, 4) is 0 Å². The van der Waals surface area contributed by atoms with Crippen molar-refractivity contribution in [3.63, 3.8) is 0 Å². The van der Waals surface area contributed by atoms with Crippen LogP contribution in [0.5, 0.6) is 0 Å². The van der Waals surface area contributed by atoms with Gasteiger partial charge in [0.05, 0.1) is 23.1 Å². The molecule has 1 saturated heterocycles. The lowest BCUT2D eigenvalue weighted by molar-refractivity contribution is -0.138. The number of imide groups is 1. The number of thioether (sulfide) groups is 1. The molecule has 2 aliphatic heterocycles. The molecule has 0 radical (unpaired) electrons. The van der Waals surface area contributed by atoms with Crippen molar-refractivity contribution >= 4 is 29.1 Å². The molecular formula is C19H23NO3S. The standard InChI is InChI=1S/C19H23NO3S/c1-12(2)24-17-16(14-8-6-13(3)7-9-14)18(21)20(19(17)22)11-15-5-4-10-23-15/h6-9,12,15H,4-5,10-11H2,1-3H3. The molecule has 0 aromatic heterocycles. The Bertz CT molecular complexity index is 672. The quantitative estimate of drug-likeness (QED) is 0.768. The van der Waals surface area contributed by atoms with Crippen LogP contribution >= 0.6 is 11.8 Å². The zero-order valence-electron chi connectivity index (χ0n) is 14.4. The molecule has 24 heavy (non-hydrogen) atoms. The van der Waals surface area contributed by atoms with Gasteiger partial charge in [-0.05, 0) is 25.3 Å². The van der Waals surface area contributed by atoms with Gasteiger partial charge in [-0.1, -0.05) is 43.7 Å². The van der Waals surface area contributed by atoms with Crippen molar-refractivity contribution in [2.24, 2.45) is 0 Å². The number of nitrogens with zero attached hydrogens (tertiary/aromatic N) is 1. The van der Waals surface area contributed by atoms with Crippen LogP contribution in [0.1, 0.15) is 37.8 Å². The first kappa shape index (κ1) is 17.2. The summed E-state index contributed by atoms with van der Waals surface area (Å²) in [6.07, 6.45) is 1.87. The van der Waals surface area contributed by atoms with Crippen molar-refractivity contribution in [3.05, 3.63) is 40.3 Å². The van der Waals surface area contributed by atoms with Gasteiger partial charge in [0.1, 0.15) is 0 Å². The number of hydrogen-bond donors (Lipinski definition) is 0. The fourth-order valence-electron chi connectivity index (χ4n) is 3.03. The lowest BCUT2D eigenvalue weighted by Crippen LogP contribution is -2.37. The number of carbonyl (C=O) groups is 2. The topological polar surface area (TPSA) is 46.6 Å². The maximum absolute atomic E-state index is 13.0. The molecule has 2 amide bonds. The second kappa shape index (κ2) is 7.11. The number of carbonyl (C=O) groups excluding carboxylic acids is 2. The molecule has 1 aromatic rings. The molecule has 0 spiro atoms. The Balaban J connectivity index is 1.93. The summed E-state index contributed by atoms with van der Waals surface area (Å²) in [6, 6.07) is 7.79. The number of rotatable bonds is 5. The Labute approximate surface area is 147 Å². The van der Waals surface area contributed by atoms with Crippen molar-refractivity contribution in [2.45, 2.75) is 45.0 Å². The summed E-state index contributed by atoms with van der Waals surface area (Å²) in [5, 5.41) is 0.236. The molecule has 4 nitrogen and oxygen atoms in total. The number of amides is 2. The molecule has 1 fully saturated rings. The molecule has 1 unspecified atom stereocenters. The van der Waals surface area contributed by atoms with Gasteiger partial charge < -0.3 is 4.74 Å². The third kappa shape index (κ3) is 3.42. The zero-order chi connectivity index (χ0) is 17.3. The van der Waals surface area contributed by atoms with E-state index in [9.17, 15) is 9.59 Å². The fourth-order valence-corrected chi connectivity index (χ4v) is 4.04. The lowest BCUT2D eigenvalue weighted by Gasteiger charge is -2.19. The van der Waals surface area contributed by atoms with Crippen LogP contribution in [0.2, 0.25) is 0 Å². The number of hydrogen-bond acceptors (Lipinski definition) is 4. The zero-order valence-corrected chi connectivity index (χ0v) is 15.2. The molecule has 128 valence electrons. The molecule has 1 atom stereocenters. The smallest absolute Gasteiger partial charge is 0.268 e. The van der Waals surface area contributed by atoms with E-state index in [-0.39, 0.29) is 23.2 Å². The predicted molar refractivity (Wildman–Crippen MR) is 96.5 cm³/mol. The second-order valence-electron chi connectivity index (χ2n) is 6.59. The number of benzene rings is 1. The minimum absolute atomic E-state index is 0.0273. The maximum atomic E-state index is 13.0. The van der Waals surface area contributed by atoms with Crippen LogP contribution in [0.25, 0.3) is 5.57 Å². The summed E-state index contributed by atoms with van der Waals surface area (Å²) in [5.41, 5.74) is 2.49. The number of aryl methyl sites for hydroxylation is 1. The minimum Gasteiger partial charge on any atom is -0.376 e.